The van der Waals surface area contributed by atoms with Crippen LogP contribution in [-0.4, -0.2) is 20.0 Å². The Kier molecular flexibility index (Phi) is 5.02. The molecule has 0 saturated heterocycles. The van der Waals surface area contributed by atoms with Crippen molar-refractivity contribution in [3.8, 4) is 5.69 Å². The summed E-state index contributed by atoms with van der Waals surface area (Å²) in [5.41, 5.74) is 2.41. The summed E-state index contributed by atoms with van der Waals surface area (Å²) in [6, 6.07) is 17.7. The van der Waals surface area contributed by atoms with Gasteiger partial charge in [-0.15, -0.1) is 0 Å². The number of hydrogen-bond acceptors (Lipinski definition) is 4. The number of benzene rings is 2. The molecule has 0 aliphatic carbocycles. The van der Waals surface area contributed by atoms with Gasteiger partial charge in [0.05, 0.1) is 11.1 Å². The molecular formula is C23H20N4O3. The lowest BCUT2D eigenvalue weighted by Gasteiger charge is -2.13. The topological polar surface area (TPSA) is 86.0 Å². The van der Waals surface area contributed by atoms with Crippen LogP contribution < -0.4 is 16.6 Å². The quantitative estimate of drug-likeness (QED) is 0.571. The largest absolute Gasteiger partial charge is 0.337 e. The SMILES string of the molecule is Cc1ccc(NC(=O)Cn2c(=O)c3cccnc3n(-c3ccccc3)c2=O)cc1C. The minimum Gasteiger partial charge on any atom is -0.325 e. The first-order valence-corrected chi connectivity index (χ1v) is 9.49. The lowest BCUT2D eigenvalue weighted by molar-refractivity contribution is -0.116. The molecule has 0 bridgehead atoms. The Morgan fingerprint density at radius 3 is 2.47 bits per heavy atom. The van der Waals surface area contributed by atoms with Crippen LogP contribution in [0.4, 0.5) is 5.69 Å². The van der Waals surface area contributed by atoms with Gasteiger partial charge in [-0.2, -0.15) is 0 Å². The Hall–Kier alpha value is -4.00. The number of carbonyl (C=O) groups is 1. The van der Waals surface area contributed by atoms with Gasteiger partial charge in [0.1, 0.15) is 6.54 Å². The van der Waals surface area contributed by atoms with E-state index in [2.05, 4.69) is 10.3 Å². The first kappa shape index (κ1) is 19.3. The van der Waals surface area contributed by atoms with Gasteiger partial charge in [0.2, 0.25) is 5.91 Å². The average molecular weight is 400 g/mol. The van der Waals surface area contributed by atoms with Gasteiger partial charge in [-0.1, -0.05) is 24.3 Å². The molecule has 7 heteroatoms. The highest BCUT2D eigenvalue weighted by molar-refractivity contribution is 5.90. The fraction of sp³-hybridized carbons (Fsp3) is 0.130. The van der Waals surface area contributed by atoms with E-state index in [1.165, 1.54) is 10.8 Å². The van der Waals surface area contributed by atoms with Crippen LogP contribution in [0.1, 0.15) is 11.1 Å². The van der Waals surface area contributed by atoms with E-state index in [9.17, 15) is 14.4 Å². The number of fused-ring (bicyclic) bond motifs is 1. The van der Waals surface area contributed by atoms with E-state index >= 15 is 0 Å². The van der Waals surface area contributed by atoms with Crippen molar-refractivity contribution in [2.45, 2.75) is 20.4 Å². The number of amides is 1. The second kappa shape index (κ2) is 7.79. The van der Waals surface area contributed by atoms with E-state index in [0.29, 0.717) is 11.4 Å². The maximum absolute atomic E-state index is 13.2. The maximum atomic E-state index is 13.2. The van der Waals surface area contributed by atoms with Crippen molar-refractivity contribution in [3.63, 3.8) is 0 Å². The monoisotopic (exact) mass is 400 g/mol. The molecule has 2 heterocycles. The van der Waals surface area contributed by atoms with Crippen molar-refractivity contribution in [3.05, 3.63) is 98.8 Å². The Balaban J connectivity index is 1.79. The highest BCUT2D eigenvalue weighted by atomic mass is 16.2. The third kappa shape index (κ3) is 3.53. The van der Waals surface area contributed by atoms with E-state index in [1.54, 1.807) is 42.5 Å². The second-order valence-corrected chi connectivity index (χ2v) is 7.07. The van der Waals surface area contributed by atoms with Crippen LogP contribution in [0.5, 0.6) is 0 Å². The molecule has 0 unspecified atom stereocenters. The molecule has 0 aliphatic heterocycles. The number of nitrogens with zero attached hydrogens (tertiary/aromatic N) is 3. The van der Waals surface area contributed by atoms with E-state index in [0.717, 1.165) is 15.7 Å². The van der Waals surface area contributed by atoms with Crippen LogP contribution in [0, 0.1) is 13.8 Å². The first-order valence-electron chi connectivity index (χ1n) is 9.49. The van der Waals surface area contributed by atoms with E-state index in [4.69, 9.17) is 0 Å². The Labute approximate surface area is 172 Å². The minimum absolute atomic E-state index is 0.254. The van der Waals surface area contributed by atoms with Gasteiger partial charge < -0.3 is 5.32 Å². The number of aromatic nitrogens is 3. The molecule has 0 fully saturated rings. The predicted octanol–water partition coefficient (Wildman–Crippen LogP) is 2.80. The fourth-order valence-electron chi connectivity index (χ4n) is 3.30. The summed E-state index contributed by atoms with van der Waals surface area (Å²) >= 11 is 0. The Morgan fingerprint density at radius 2 is 1.73 bits per heavy atom. The summed E-state index contributed by atoms with van der Waals surface area (Å²) in [7, 11) is 0. The molecule has 0 radical (unpaired) electrons. The van der Waals surface area contributed by atoms with Gasteiger partial charge in [-0.25, -0.2) is 18.9 Å². The molecule has 0 aliphatic rings. The van der Waals surface area contributed by atoms with Gasteiger partial charge >= 0.3 is 5.69 Å². The van der Waals surface area contributed by atoms with Crippen molar-refractivity contribution in [2.75, 3.05) is 5.32 Å². The summed E-state index contributed by atoms with van der Waals surface area (Å²) in [5, 5.41) is 3.02. The summed E-state index contributed by atoms with van der Waals surface area (Å²) in [6.07, 6.45) is 1.53. The molecule has 0 saturated carbocycles. The molecule has 0 atom stereocenters. The number of para-hydroxylation sites is 1. The smallest absolute Gasteiger partial charge is 0.325 e. The molecule has 7 nitrogen and oxygen atoms in total. The summed E-state index contributed by atoms with van der Waals surface area (Å²) in [5.74, 6) is -0.458. The zero-order valence-corrected chi connectivity index (χ0v) is 16.6. The van der Waals surface area contributed by atoms with Gasteiger partial charge in [-0.05, 0) is 61.4 Å². The molecule has 150 valence electrons. The van der Waals surface area contributed by atoms with Crippen LogP contribution in [0.2, 0.25) is 0 Å². The summed E-state index contributed by atoms with van der Waals surface area (Å²) < 4.78 is 2.29. The highest BCUT2D eigenvalue weighted by Gasteiger charge is 2.17. The van der Waals surface area contributed by atoms with E-state index < -0.39 is 23.7 Å². The summed E-state index contributed by atoms with van der Waals surface area (Å²) in [4.78, 5) is 43.0. The fourth-order valence-corrected chi connectivity index (χ4v) is 3.30. The third-order valence-electron chi connectivity index (χ3n) is 5.00. The highest BCUT2D eigenvalue weighted by Crippen LogP contribution is 2.14. The van der Waals surface area contributed by atoms with Crippen LogP contribution >= 0.6 is 0 Å². The zero-order chi connectivity index (χ0) is 21.3. The molecule has 0 spiro atoms. The minimum atomic E-state index is -0.618. The zero-order valence-electron chi connectivity index (χ0n) is 16.6. The van der Waals surface area contributed by atoms with Crippen LogP contribution in [0.3, 0.4) is 0 Å². The van der Waals surface area contributed by atoms with Crippen molar-refractivity contribution < 1.29 is 4.79 Å². The second-order valence-electron chi connectivity index (χ2n) is 7.07. The van der Waals surface area contributed by atoms with Gasteiger partial charge in [-0.3, -0.25) is 9.59 Å². The van der Waals surface area contributed by atoms with Crippen molar-refractivity contribution in [1.29, 1.82) is 0 Å². The molecule has 1 amide bonds. The Morgan fingerprint density at radius 1 is 0.967 bits per heavy atom. The van der Waals surface area contributed by atoms with E-state index in [1.807, 2.05) is 32.0 Å². The molecule has 2 aromatic heterocycles. The van der Waals surface area contributed by atoms with Crippen molar-refractivity contribution in [2.24, 2.45) is 0 Å². The van der Waals surface area contributed by atoms with E-state index in [-0.39, 0.29) is 11.0 Å². The molecular weight excluding hydrogens is 380 g/mol. The number of nitrogens with one attached hydrogen (secondary N) is 1. The first-order chi connectivity index (χ1) is 14.5. The van der Waals surface area contributed by atoms with Gasteiger partial charge in [0.25, 0.3) is 5.56 Å². The van der Waals surface area contributed by atoms with Crippen LogP contribution in [0.25, 0.3) is 16.7 Å². The lowest BCUT2D eigenvalue weighted by atomic mass is 10.1. The van der Waals surface area contributed by atoms with Gasteiger partial charge in [0.15, 0.2) is 5.65 Å². The summed E-state index contributed by atoms with van der Waals surface area (Å²) in [6.45, 7) is 3.53. The number of carbonyl (C=O) groups excluding carboxylic acids is 1. The molecule has 30 heavy (non-hydrogen) atoms. The molecule has 1 N–H and O–H groups in total. The molecule has 4 rings (SSSR count). The number of pyridine rings is 1. The van der Waals surface area contributed by atoms with Crippen LogP contribution in [-0.2, 0) is 11.3 Å². The number of rotatable bonds is 4. The predicted molar refractivity (Wildman–Crippen MR) is 116 cm³/mol. The van der Waals surface area contributed by atoms with Crippen molar-refractivity contribution in [1.82, 2.24) is 14.1 Å². The lowest BCUT2D eigenvalue weighted by Crippen LogP contribution is -2.42. The van der Waals surface area contributed by atoms with Crippen LogP contribution in [0.15, 0.2) is 76.4 Å². The number of anilines is 1. The van der Waals surface area contributed by atoms with Gasteiger partial charge in [0, 0.05) is 11.9 Å². The molecule has 2 aromatic carbocycles. The number of aryl methyl sites for hydroxylation is 2. The molecule has 4 aromatic rings. The standard InChI is InChI=1S/C23H20N4O3/c1-15-10-11-17(13-16(15)2)25-20(28)14-26-22(29)19-9-6-12-24-21(19)27(23(26)30)18-7-4-3-5-8-18/h3-13H,14H2,1-2H3,(H,25,28). The normalized spacial score (nSPS) is 10.9. The third-order valence-corrected chi connectivity index (χ3v) is 5.00. The van der Waals surface area contributed by atoms with Crippen molar-refractivity contribution >= 4 is 22.6 Å². The Bertz CT molecular complexity index is 1370. The average Bonchev–Trinajstić information content (AvgIpc) is 2.75. The number of hydrogen-bond donors (Lipinski definition) is 1. The maximum Gasteiger partial charge on any atom is 0.337 e.